The number of hydrogen-bond acceptors (Lipinski definition) is 6. The number of H-pyrrole nitrogens is 1. The second kappa shape index (κ2) is 9.69. The first-order valence-electron chi connectivity index (χ1n) is 9.39. The molecule has 2 atom stereocenters. The van der Waals surface area contributed by atoms with Gasteiger partial charge in [-0.3, -0.25) is 0 Å². The van der Waals surface area contributed by atoms with Crippen LogP contribution in [0.2, 0.25) is 0 Å². The number of carbonyl (C=O) groups excluding carboxylic acids is 2. The number of carbonyl (C=O) groups is 2. The lowest BCUT2D eigenvalue weighted by Gasteiger charge is -2.36. The minimum Gasteiger partial charge on any atom is -0.497 e. The maximum absolute atomic E-state index is 13.2. The van der Waals surface area contributed by atoms with Crippen molar-refractivity contribution in [3.63, 3.8) is 0 Å². The van der Waals surface area contributed by atoms with Crippen LogP contribution < -0.4 is 10.1 Å². The molecule has 0 unspecified atom stereocenters. The van der Waals surface area contributed by atoms with E-state index in [4.69, 9.17) is 9.47 Å². The van der Waals surface area contributed by atoms with Crippen LogP contribution in [-0.4, -0.2) is 65.7 Å². The van der Waals surface area contributed by atoms with E-state index < -0.39 is 12.0 Å². The Morgan fingerprint density at radius 2 is 2.24 bits per heavy atom. The average Bonchev–Trinajstić information content (AvgIpc) is 3.24. The normalized spacial score (nSPS) is 16.7. The van der Waals surface area contributed by atoms with Crippen molar-refractivity contribution in [2.75, 3.05) is 32.8 Å². The highest BCUT2D eigenvalue weighted by molar-refractivity contribution is 7.98. The minimum atomic E-state index is -0.688. The number of nitrogens with zero attached hydrogens (tertiary/aromatic N) is 2. The lowest BCUT2D eigenvalue weighted by Crippen LogP contribution is -2.51. The molecule has 9 heteroatoms. The van der Waals surface area contributed by atoms with Gasteiger partial charge >= 0.3 is 12.0 Å². The van der Waals surface area contributed by atoms with Crippen molar-refractivity contribution < 1.29 is 19.1 Å². The molecule has 2 N–H and O–H groups in total. The number of urea groups is 1. The number of methoxy groups -OCH3 is 2. The van der Waals surface area contributed by atoms with Gasteiger partial charge in [-0.15, -0.1) is 0 Å². The van der Waals surface area contributed by atoms with Crippen molar-refractivity contribution >= 4 is 23.8 Å². The molecule has 2 heterocycles. The van der Waals surface area contributed by atoms with Crippen LogP contribution >= 0.6 is 11.8 Å². The molecule has 1 aliphatic heterocycles. The van der Waals surface area contributed by atoms with Crippen molar-refractivity contribution in [3.8, 4) is 5.75 Å². The third kappa shape index (κ3) is 4.67. The van der Waals surface area contributed by atoms with Crippen LogP contribution in [0.1, 0.15) is 29.4 Å². The Bertz CT molecular complexity index is 857. The largest absolute Gasteiger partial charge is 0.497 e. The number of benzene rings is 1. The number of thioether (sulfide) groups is 1. The van der Waals surface area contributed by atoms with E-state index in [9.17, 15) is 9.59 Å². The fourth-order valence-electron chi connectivity index (χ4n) is 3.50. The topological polar surface area (TPSA) is 96.6 Å². The molecule has 0 aliphatic carbocycles. The van der Waals surface area contributed by atoms with Gasteiger partial charge in [0.05, 0.1) is 26.2 Å². The first-order chi connectivity index (χ1) is 14.1. The molecule has 29 heavy (non-hydrogen) atoms. The van der Waals surface area contributed by atoms with Gasteiger partial charge in [0.25, 0.3) is 0 Å². The summed E-state index contributed by atoms with van der Waals surface area (Å²) in [5.74, 6) is 1.00. The summed E-state index contributed by atoms with van der Waals surface area (Å²) in [6.45, 7) is 0.499. The Morgan fingerprint density at radius 3 is 2.97 bits per heavy atom. The molecule has 0 saturated heterocycles. The molecular weight excluding hydrogens is 392 g/mol. The first kappa shape index (κ1) is 21.0. The highest BCUT2D eigenvalue weighted by atomic mass is 32.2. The molecule has 0 saturated carbocycles. The molecule has 0 spiro atoms. The number of aromatic nitrogens is 2. The van der Waals surface area contributed by atoms with Gasteiger partial charge in [0.1, 0.15) is 17.8 Å². The van der Waals surface area contributed by atoms with E-state index in [2.05, 4.69) is 15.3 Å². The van der Waals surface area contributed by atoms with Crippen molar-refractivity contribution in [2.24, 2.45) is 0 Å². The van der Waals surface area contributed by atoms with Crippen LogP contribution in [0.15, 0.2) is 30.6 Å². The molecule has 2 amide bonds. The van der Waals surface area contributed by atoms with E-state index in [1.54, 1.807) is 30.1 Å². The quantitative estimate of drug-likeness (QED) is 0.670. The minimum absolute atomic E-state index is 0.317. The number of nitrogens with one attached hydrogen (secondary N) is 2. The number of hydrogen-bond donors (Lipinski definition) is 2. The van der Waals surface area contributed by atoms with Gasteiger partial charge in [-0.05, 0) is 36.1 Å². The second-order valence-electron chi connectivity index (χ2n) is 6.70. The van der Waals surface area contributed by atoms with Crippen molar-refractivity contribution in [2.45, 2.75) is 24.9 Å². The van der Waals surface area contributed by atoms with Gasteiger partial charge in [-0.25, -0.2) is 14.6 Å². The lowest BCUT2D eigenvalue weighted by atomic mass is 9.95. The molecule has 0 bridgehead atoms. The van der Waals surface area contributed by atoms with Crippen LogP contribution in [0.25, 0.3) is 0 Å². The standard InChI is InChI=1S/C20H26N4O4S/c1-27-14-6-4-5-13(11-14)18-17-15(21-12-22-17)7-9-24(18)20(26)23-16(8-10-29-3)19(25)28-2/h4-6,11-12,16,18H,7-10H2,1-3H3,(H,21,22)(H,23,26)/t16-,18+/m1/s1. The summed E-state index contributed by atoms with van der Waals surface area (Å²) in [5.41, 5.74) is 2.71. The fraction of sp³-hybridized carbons (Fsp3) is 0.450. The summed E-state index contributed by atoms with van der Waals surface area (Å²) in [6.07, 6.45) is 4.77. The third-order valence-corrected chi connectivity index (χ3v) is 5.63. The Balaban J connectivity index is 1.89. The zero-order chi connectivity index (χ0) is 20.8. The van der Waals surface area contributed by atoms with Crippen molar-refractivity contribution in [1.82, 2.24) is 20.2 Å². The monoisotopic (exact) mass is 418 g/mol. The lowest BCUT2D eigenvalue weighted by molar-refractivity contribution is -0.142. The summed E-state index contributed by atoms with van der Waals surface area (Å²) in [4.78, 5) is 34.7. The van der Waals surface area contributed by atoms with Crippen LogP contribution in [-0.2, 0) is 16.0 Å². The molecule has 2 aromatic rings. The molecule has 0 fully saturated rings. The number of rotatable bonds is 7. The number of fused-ring (bicyclic) bond motifs is 1. The number of imidazole rings is 1. The summed E-state index contributed by atoms with van der Waals surface area (Å²) in [5, 5.41) is 2.85. The van der Waals surface area contributed by atoms with Crippen LogP contribution in [0.5, 0.6) is 5.75 Å². The van der Waals surface area contributed by atoms with Crippen molar-refractivity contribution in [1.29, 1.82) is 0 Å². The Labute approximate surface area is 174 Å². The van der Waals surface area contributed by atoms with E-state index in [-0.39, 0.29) is 12.1 Å². The molecule has 156 valence electrons. The van der Waals surface area contributed by atoms with E-state index >= 15 is 0 Å². The van der Waals surface area contributed by atoms with Gasteiger partial charge in [0.2, 0.25) is 0 Å². The number of amides is 2. The SMILES string of the molecule is COC(=O)[C@@H](CCSC)NC(=O)N1CCc2[nH]cnc2[C@@H]1c1cccc(OC)c1. The molecule has 1 aromatic carbocycles. The summed E-state index contributed by atoms with van der Waals surface area (Å²) < 4.78 is 10.2. The van der Waals surface area contributed by atoms with Gasteiger partial charge in [-0.1, -0.05) is 12.1 Å². The van der Waals surface area contributed by atoms with E-state index in [1.165, 1.54) is 7.11 Å². The summed E-state index contributed by atoms with van der Waals surface area (Å²) in [7, 11) is 2.94. The maximum atomic E-state index is 13.2. The zero-order valence-electron chi connectivity index (χ0n) is 16.8. The highest BCUT2D eigenvalue weighted by Crippen LogP contribution is 2.34. The third-order valence-electron chi connectivity index (χ3n) is 4.99. The molecule has 1 aromatic heterocycles. The summed E-state index contributed by atoms with van der Waals surface area (Å²) >= 11 is 1.61. The van der Waals surface area contributed by atoms with Crippen LogP contribution in [0.4, 0.5) is 4.79 Å². The highest BCUT2D eigenvalue weighted by Gasteiger charge is 2.35. The smallest absolute Gasteiger partial charge is 0.328 e. The molecule has 3 rings (SSSR count). The maximum Gasteiger partial charge on any atom is 0.328 e. The second-order valence-corrected chi connectivity index (χ2v) is 7.68. The Morgan fingerprint density at radius 1 is 1.41 bits per heavy atom. The zero-order valence-corrected chi connectivity index (χ0v) is 17.6. The average molecular weight is 419 g/mol. The van der Waals surface area contributed by atoms with Crippen molar-refractivity contribution in [3.05, 3.63) is 47.5 Å². The molecule has 8 nitrogen and oxygen atoms in total. The molecule has 1 aliphatic rings. The van der Waals surface area contributed by atoms with Gasteiger partial charge < -0.3 is 24.7 Å². The van der Waals surface area contributed by atoms with E-state index in [0.717, 1.165) is 22.7 Å². The number of esters is 1. The first-order valence-corrected chi connectivity index (χ1v) is 10.8. The molecular formula is C20H26N4O4S. The van der Waals surface area contributed by atoms with Crippen LogP contribution in [0, 0.1) is 0 Å². The predicted molar refractivity (Wildman–Crippen MR) is 111 cm³/mol. The Hall–Kier alpha value is -2.68. The number of aromatic amines is 1. The van der Waals surface area contributed by atoms with E-state index in [0.29, 0.717) is 25.1 Å². The van der Waals surface area contributed by atoms with Gasteiger partial charge in [0, 0.05) is 18.7 Å². The summed E-state index contributed by atoms with van der Waals surface area (Å²) in [6, 6.07) is 6.22. The predicted octanol–water partition coefficient (Wildman–Crippen LogP) is 2.37. The van der Waals surface area contributed by atoms with Gasteiger partial charge in [0.15, 0.2) is 0 Å². The van der Waals surface area contributed by atoms with E-state index in [1.807, 2.05) is 30.5 Å². The van der Waals surface area contributed by atoms with Gasteiger partial charge in [-0.2, -0.15) is 11.8 Å². The molecule has 0 radical (unpaired) electrons. The fourth-order valence-corrected chi connectivity index (χ4v) is 3.97. The van der Waals surface area contributed by atoms with Crippen LogP contribution in [0.3, 0.4) is 0 Å². The Kier molecular flexibility index (Phi) is 7.03. The number of ether oxygens (including phenoxy) is 2.